The molecule has 5 rings (SSSR count). The fourth-order valence-electron chi connectivity index (χ4n) is 4.73. The number of Topliss-reactive ketones (excluding diaryl/α,β-unsaturated/α-hetero) is 1. The van der Waals surface area contributed by atoms with Crippen molar-refractivity contribution in [2.24, 2.45) is 5.41 Å². The molecule has 0 amide bonds. The summed E-state index contributed by atoms with van der Waals surface area (Å²) in [6.45, 7) is 4.14. The molecule has 1 aliphatic carbocycles. The average molecular weight is 496 g/mol. The van der Waals surface area contributed by atoms with Crippen LogP contribution >= 0.6 is 23.4 Å². The second kappa shape index (κ2) is 8.71. The zero-order valence-electron chi connectivity index (χ0n) is 18.7. The first-order valence-electron chi connectivity index (χ1n) is 11.0. The number of anilines is 1. The molecule has 0 fully saturated rings. The molecule has 174 valence electrons. The van der Waals surface area contributed by atoms with Gasteiger partial charge in [0.1, 0.15) is 11.6 Å². The number of hydrogen-bond donors (Lipinski definition) is 2. The van der Waals surface area contributed by atoms with E-state index in [-0.39, 0.29) is 16.8 Å². The van der Waals surface area contributed by atoms with Crippen molar-refractivity contribution in [1.29, 1.82) is 0 Å². The van der Waals surface area contributed by atoms with Crippen LogP contribution in [0.1, 0.15) is 49.3 Å². The van der Waals surface area contributed by atoms with Gasteiger partial charge < -0.3 is 10.3 Å². The van der Waals surface area contributed by atoms with E-state index in [2.05, 4.69) is 24.1 Å². The first-order valence-corrected chi connectivity index (χ1v) is 12.4. The minimum Gasteiger partial charge on any atom is -0.343 e. The van der Waals surface area contributed by atoms with E-state index in [1.807, 2.05) is 30.3 Å². The summed E-state index contributed by atoms with van der Waals surface area (Å²) in [5, 5.41) is 4.07. The van der Waals surface area contributed by atoms with Crippen LogP contribution in [0, 0.1) is 11.2 Å². The number of carbonyl (C=O) groups is 1. The van der Waals surface area contributed by atoms with E-state index in [9.17, 15) is 14.0 Å². The molecule has 0 saturated heterocycles. The van der Waals surface area contributed by atoms with Crippen LogP contribution in [-0.4, -0.2) is 15.8 Å². The molecular formula is C26H23ClFN3O2S. The SMILES string of the molecule is CC1(C)CC(=O)C2=C(C1)Nc1nc(SCc3ccc(F)cc3Cl)[nH]c(=O)c1[C@H]2c1ccccc1. The quantitative estimate of drug-likeness (QED) is 0.340. The summed E-state index contributed by atoms with van der Waals surface area (Å²) in [6, 6.07) is 13.9. The number of thioether (sulfide) groups is 1. The predicted octanol–water partition coefficient (Wildman–Crippen LogP) is 6.06. The van der Waals surface area contributed by atoms with E-state index in [0.29, 0.717) is 45.7 Å². The summed E-state index contributed by atoms with van der Waals surface area (Å²) in [4.78, 5) is 34.2. The van der Waals surface area contributed by atoms with E-state index in [4.69, 9.17) is 16.6 Å². The van der Waals surface area contributed by atoms with Crippen molar-refractivity contribution in [1.82, 2.24) is 9.97 Å². The van der Waals surface area contributed by atoms with Gasteiger partial charge in [-0.2, -0.15) is 0 Å². The number of aromatic nitrogens is 2. The van der Waals surface area contributed by atoms with Crippen molar-refractivity contribution < 1.29 is 9.18 Å². The van der Waals surface area contributed by atoms with Crippen molar-refractivity contribution in [3.63, 3.8) is 0 Å². The molecule has 0 unspecified atom stereocenters. The molecule has 0 spiro atoms. The third-order valence-corrected chi connectivity index (χ3v) is 7.49. The molecule has 34 heavy (non-hydrogen) atoms. The van der Waals surface area contributed by atoms with Crippen molar-refractivity contribution in [3.05, 3.63) is 97.7 Å². The molecule has 0 bridgehead atoms. The van der Waals surface area contributed by atoms with E-state index in [0.717, 1.165) is 16.8 Å². The second-order valence-corrected chi connectivity index (χ2v) is 10.8. The Morgan fingerprint density at radius 1 is 1.15 bits per heavy atom. The van der Waals surface area contributed by atoms with Crippen LogP contribution in [0.4, 0.5) is 10.2 Å². The van der Waals surface area contributed by atoms with Gasteiger partial charge in [0.05, 0.1) is 5.56 Å². The molecule has 2 aromatic carbocycles. The number of rotatable bonds is 4. The minimum absolute atomic E-state index is 0.0575. The van der Waals surface area contributed by atoms with Gasteiger partial charge in [0.25, 0.3) is 5.56 Å². The number of ketones is 1. The fourth-order valence-corrected chi connectivity index (χ4v) is 5.90. The summed E-state index contributed by atoms with van der Waals surface area (Å²) >= 11 is 7.46. The number of halogens is 2. The van der Waals surface area contributed by atoms with E-state index >= 15 is 0 Å². The average Bonchev–Trinajstić information content (AvgIpc) is 2.77. The van der Waals surface area contributed by atoms with Gasteiger partial charge in [0.2, 0.25) is 0 Å². The molecule has 8 heteroatoms. The normalized spacial score (nSPS) is 18.8. The molecule has 5 nitrogen and oxygen atoms in total. The summed E-state index contributed by atoms with van der Waals surface area (Å²) in [5.41, 5.74) is 3.09. The maximum absolute atomic E-state index is 13.4. The topological polar surface area (TPSA) is 74.8 Å². The van der Waals surface area contributed by atoms with Gasteiger partial charge in [0.15, 0.2) is 10.9 Å². The highest BCUT2D eigenvalue weighted by molar-refractivity contribution is 7.98. The van der Waals surface area contributed by atoms with Crippen molar-refractivity contribution in [3.8, 4) is 0 Å². The summed E-state index contributed by atoms with van der Waals surface area (Å²) in [7, 11) is 0. The second-order valence-electron chi connectivity index (χ2n) is 9.46. The third-order valence-electron chi connectivity index (χ3n) is 6.21. The van der Waals surface area contributed by atoms with Gasteiger partial charge >= 0.3 is 0 Å². The zero-order valence-corrected chi connectivity index (χ0v) is 20.3. The largest absolute Gasteiger partial charge is 0.343 e. The number of benzene rings is 2. The molecule has 0 radical (unpaired) electrons. The van der Waals surface area contributed by atoms with Gasteiger partial charge in [-0.15, -0.1) is 0 Å². The first kappa shape index (κ1) is 22.9. The smallest absolute Gasteiger partial charge is 0.257 e. The number of nitrogens with zero attached hydrogens (tertiary/aromatic N) is 1. The molecule has 2 N–H and O–H groups in total. The number of H-pyrrole nitrogens is 1. The molecule has 1 aliphatic heterocycles. The predicted molar refractivity (Wildman–Crippen MR) is 133 cm³/mol. The number of nitrogens with one attached hydrogen (secondary N) is 2. The number of fused-ring (bicyclic) bond motifs is 1. The maximum atomic E-state index is 13.4. The number of hydrogen-bond acceptors (Lipinski definition) is 5. The van der Waals surface area contributed by atoms with Crippen LogP contribution in [0.15, 0.2) is 69.8 Å². The summed E-state index contributed by atoms with van der Waals surface area (Å²) in [5.74, 6) is 0.0707. The lowest BCUT2D eigenvalue weighted by molar-refractivity contribution is -0.118. The number of allylic oxidation sites excluding steroid dienone is 2. The monoisotopic (exact) mass is 495 g/mol. The van der Waals surface area contributed by atoms with Gasteiger partial charge in [-0.1, -0.05) is 73.6 Å². The molecular weight excluding hydrogens is 473 g/mol. The lowest BCUT2D eigenvalue weighted by Gasteiger charge is -2.38. The van der Waals surface area contributed by atoms with E-state index < -0.39 is 11.7 Å². The van der Waals surface area contributed by atoms with Gasteiger partial charge in [-0.3, -0.25) is 9.59 Å². The Hall–Kier alpha value is -2.90. The highest BCUT2D eigenvalue weighted by Gasteiger charge is 2.42. The highest BCUT2D eigenvalue weighted by Crippen LogP contribution is 2.47. The maximum Gasteiger partial charge on any atom is 0.257 e. The van der Waals surface area contributed by atoms with Crippen LogP contribution in [0.5, 0.6) is 0 Å². The van der Waals surface area contributed by atoms with Gasteiger partial charge in [0, 0.05) is 34.4 Å². The summed E-state index contributed by atoms with van der Waals surface area (Å²) < 4.78 is 13.4. The standard InChI is InChI=1S/C26H23ClFN3O2S/c1-26(2)11-18-21(19(32)12-26)20(14-6-4-3-5-7-14)22-23(29-18)30-25(31-24(22)33)34-13-15-8-9-16(28)10-17(15)27/h3-10,20H,11-13H2,1-2H3,(H2,29,30,31,33)/t20-/m0/s1. The number of aromatic amines is 1. The highest BCUT2D eigenvalue weighted by atomic mass is 35.5. The van der Waals surface area contributed by atoms with Gasteiger partial charge in [-0.05, 0) is 35.1 Å². The van der Waals surface area contributed by atoms with E-state index in [1.54, 1.807) is 6.07 Å². The molecule has 2 heterocycles. The van der Waals surface area contributed by atoms with E-state index in [1.165, 1.54) is 23.9 Å². The Morgan fingerprint density at radius 3 is 2.65 bits per heavy atom. The summed E-state index contributed by atoms with van der Waals surface area (Å²) in [6.07, 6.45) is 1.13. The fraction of sp³-hybridized carbons (Fsp3) is 0.269. The van der Waals surface area contributed by atoms with Gasteiger partial charge in [-0.25, -0.2) is 9.37 Å². The zero-order chi connectivity index (χ0) is 24.0. The van der Waals surface area contributed by atoms with Crippen molar-refractivity contribution in [2.45, 2.75) is 43.5 Å². The Labute approximate surface area is 205 Å². The number of carbonyl (C=O) groups excluding carboxylic acids is 1. The Balaban J connectivity index is 1.56. The molecule has 1 atom stereocenters. The van der Waals surface area contributed by atoms with Crippen LogP contribution in [0.25, 0.3) is 0 Å². The van der Waals surface area contributed by atoms with Crippen molar-refractivity contribution >= 4 is 35.0 Å². The Bertz CT molecular complexity index is 1380. The minimum atomic E-state index is -0.474. The molecule has 0 saturated carbocycles. The lowest BCUT2D eigenvalue weighted by Crippen LogP contribution is -2.37. The van der Waals surface area contributed by atoms with Crippen LogP contribution < -0.4 is 10.9 Å². The molecule has 1 aromatic heterocycles. The Morgan fingerprint density at radius 2 is 1.91 bits per heavy atom. The lowest BCUT2D eigenvalue weighted by atomic mass is 9.69. The molecule has 3 aromatic rings. The van der Waals surface area contributed by atoms with Crippen LogP contribution in [0.3, 0.4) is 0 Å². The third kappa shape index (κ3) is 4.30. The van der Waals surface area contributed by atoms with Crippen LogP contribution in [0.2, 0.25) is 5.02 Å². The molecule has 2 aliphatic rings. The van der Waals surface area contributed by atoms with Crippen LogP contribution in [-0.2, 0) is 10.5 Å². The Kier molecular flexibility index (Phi) is 5.86. The van der Waals surface area contributed by atoms with Crippen molar-refractivity contribution in [2.75, 3.05) is 5.32 Å². The first-order chi connectivity index (χ1) is 16.2.